The fourth-order valence-electron chi connectivity index (χ4n) is 3.34. The lowest BCUT2D eigenvalue weighted by molar-refractivity contribution is 0.102. The maximum Gasteiger partial charge on any atom is 0.274 e. The third kappa shape index (κ3) is 5.71. The maximum absolute atomic E-state index is 12.4. The van der Waals surface area contributed by atoms with E-state index in [1.54, 1.807) is 12.3 Å². The van der Waals surface area contributed by atoms with Crippen molar-refractivity contribution in [3.63, 3.8) is 0 Å². The molecule has 1 amide bonds. The van der Waals surface area contributed by atoms with Crippen molar-refractivity contribution in [1.29, 1.82) is 0 Å². The quantitative estimate of drug-likeness (QED) is 0.651. The first-order valence-electron chi connectivity index (χ1n) is 10.1. The van der Waals surface area contributed by atoms with Gasteiger partial charge in [0.1, 0.15) is 5.69 Å². The van der Waals surface area contributed by atoms with E-state index in [-0.39, 0.29) is 5.91 Å². The molecule has 0 bridgehead atoms. The molecule has 2 N–H and O–H groups in total. The summed E-state index contributed by atoms with van der Waals surface area (Å²) < 4.78 is 0. The van der Waals surface area contributed by atoms with Crippen LogP contribution in [0.5, 0.6) is 0 Å². The van der Waals surface area contributed by atoms with Gasteiger partial charge in [0.15, 0.2) is 0 Å². The summed E-state index contributed by atoms with van der Waals surface area (Å²) in [5.41, 5.74) is 3.40. The number of nitrogens with one attached hydrogen (secondary N) is 2. The van der Waals surface area contributed by atoms with Gasteiger partial charge in [-0.3, -0.25) is 4.79 Å². The lowest BCUT2D eigenvalue weighted by Gasteiger charge is -2.28. The van der Waals surface area contributed by atoms with Gasteiger partial charge in [-0.05, 0) is 62.1 Å². The highest BCUT2D eigenvalue weighted by Gasteiger charge is 2.12. The predicted octanol–water partition coefficient (Wildman–Crippen LogP) is 4.93. The van der Waals surface area contributed by atoms with Gasteiger partial charge in [0, 0.05) is 31.0 Å². The predicted molar refractivity (Wildman–Crippen MR) is 113 cm³/mol. The second kappa shape index (κ2) is 9.95. The number of rotatable bonds is 8. The van der Waals surface area contributed by atoms with E-state index in [0.717, 1.165) is 37.4 Å². The van der Waals surface area contributed by atoms with Crippen LogP contribution in [0.25, 0.3) is 0 Å². The minimum absolute atomic E-state index is 0.182. The topological polar surface area (TPSA) is 57.3 Å². The highest BCUT2D eigenvalue weighted by atomic mass is 16.1. The number of anilines is 3. The molecule has 1 aliphatic heterocycles. The molecule has 3 rings (SSSR count). The monoisotopic (exact) mass is 366 g/mol. The first kappa shape index (κ1) is 19.2. The van der Waals surface area contributed by atoms with Crippen LogP contribution >= 0.6 is 0 Å². The van der Waals surface area contributed by atoms with Crippen LogP contribution in [0.4, 0.5) is 17.1 Å². The molecular formula is C22H30N4O. The Bertz CT molecular complexity index is 706. The number of unbranched alkanes of at least 4 members (excludes halogenated alkanes) is 2. The van der Waals surface area contributed by atoms with E-state index in [1.165, 1.54) is 37.8 Å². The largest absolute Gasteiger partial charge is 0.384 e. The van der Waals surface area contributed by atoms with Crippen molar-refractivity contribution in [2.75, 3.05) is 35.2 Å². The van der Waals surface area contributed by atoms with Crippen LogP contribution < -0.4 is 15.5 Å². The Hall–Kier alpha value is -2.56. The molecule has 0 spiro atoms. The summed E-state index contributed by atoms with van der Waals surface area (Å²) >= 11 is 0. The zero-order chi connectivity index (χ0) is 18.9. The molecule has 1 fully saturated rings. The number of nitrogens with zero attached hydrogens (tertiary/aromatic N) is 2. The Labute approximate surface area is 162 Å². The summed E-state index contributed by atoms with van der Waals surface area (Å²) in [6, 6.07) is 11.8. The third-order valence-electron chi connectivity index (χ3n) is 4.95. The SMILES string of the molecule is CCCCCNc1ccc(C(=O)Nc2ccc(N3CCCCC3)cc2)nc1. The fourth-order valence-corrected chi connectivity index (χ4v) is 3.34. The summed E-state index contributed by atoms with van der Waals surface area (Å²) in [5, 5.41) is 6.26. The Kier molecular flexibility index (Phi) is 7.08. The highest BCUT2D eigenvalue weighted by molar-refractivity contribution is 6.03. The van der Waals surface area contributed by atoms with Crippen LogP contribution in [0, 0.1) is 0 Å². The Balaban J connectivity index is 1.52. The van der Waals surface area contributed by atoms with Crippen molar-refractivity contribution < 1.29 is 4.79 Å². The minimum atomic E-state index is -0.182. The van der Waals surface area contributed by atoms with Crippen LogP contribution in [0.15, 0.2) is 42.6 Å². The smallest absolute Gasteiger partial charge is 0.274 e. The zero-order valence-corrected chi connectivity index (χ0v) is 16.2. The number of aromatic nitrogens is 1. The number of hydrogen-bond acceptors (Lipinski definition) is 4. The van der Waals surface area contributed by atoms with Crippen molar-refractivity contribution in [3.05, 3.63) is 48.3 Å². The average molecular weight is 367 g/mol. The van der Waals surface area contributed by atoms with Gasteiger partial charge in [-0.1, -0.05) is 19.8 Å². The van der Waals surface area contributed by atoms with Crippen LogP contribution in [0.1, 0.15) is 55.9 Å². The molecule has 0 saturated carbocycles. The molecule has 27 heavy (non-hydrogen) atoms. The number of piperidine rings is 1. The minimum Gasteiger partial charge on any atom is -0.384 e. The normalized spacial score (nSPS) is 14.0. The van der Waals surface area contributed by atoms with Crippen LogP contribution in [0.2, 0.25) is 0 Å². The summed E-state index contributed by atoms with van der Waals surface area (Å²) in [4.78, 5) is 19.1. The molecule has 5 nitrogen and oxygen atoms in total. The van der Waals surface area contributed by atoms with Crippen LogP contribution in [-0.2, 0) is 0 Å². The van der Waals surface area contributed by atoms with E-state index in [9.17, 15) is 4.79 Å². The van der Waals surface area contributed by atoms with Gasteiger partial charge >= 0.3 is 0 Å². The molecule has 0 aliphatic carbocycles. The number of amides is 1. The van der Waals surface area contributed by atoms with Crippen molar-refractivity contribution in [1.82, 2.24) is 4.98 Å². The Morgan fingerprint density at radius 3 is 2.41 bits per heavy atom. The second-order valence-electron chi connectivity index (χ2n) is 7.11. The third-order valence-corrected chi connectivity index (χ3v) is 4.95. The van der Waals surface area contributed by atoms with E-state index in [2.05, 4.69) is 39.6 Å². The average Bonchev–Trinajstić information content (AvgIpc) is 2.73. The first-order valence-corrected chi connectivity index (χ1v) is 10.1. The van der Waals surface area contributed by atoms with Gasteiger partial charge in [0.25, 0.3) is 5.91 Å². The van der Waals surface area contributed by atoms with Crippen molar-refractivity contribution in [2.24, 2.45) is 0 Å². The molecule has 1 aromatic heterocycles. The van der Waals surface area contributed by atoms with Gasteiger partial charge < -0.3 is 15.5 Å². The molecular weight excluding hydrogens is 336 g/mol. The van der Waals surface area contributed by atoms with Gasteiger partial charge in [-0.15, -0.1) is 0 Å². The molecule has 1 aromatic carbocycles. The molecule has 144 valence electrons. The highest BCUT2D eigenvalue weighted by Crippen LogP contribution is 2.22. The van der Waals surface area contributed by atoms with E-state index >= 15 is 0 Å². The van der Waals surface area contributed by atoms with Crippen molar-refractivity contribution in [3.8, 4) is 0 Å². The van der Waals surface area contributed by atoms with E-state index in [4.69, 9.17) is 0 Å². The fraction of sp³-hybridized carbons (Fsp3) is 0.455. The number of hydrogen-bond donors (Lipinski definition) is 2. The zero-order valence-electron chi connectivity index (χ0n) is 16.2. The molecule has 0 atom stereocenters. The number of carbonyl (C=O) groups is 1. The van der Waals surface area contributed by atoms with E-state index < -0.39 is 0 Å². The number of pyridine rings is 1. The van der Waals surface area contributed by atoms with E-state index in [0.29, 0.717) is 5.69 Å². The van der Waals surface area contributed by atoms with Crippen LogP contribution in [0.3, 0.4) is 0 Å². The lowest BCUT2D eigenvalue weighted by Crippen LogP contribution is -2.29. The summed E-state index contributed by atoms with van der Waals surface area (Å²) in [7, 11) is 0. The molecule has 1 saturated heterocycles. The van der Waals surface area contributed by atoms with Gasteiger partial charge in [-0.25, -0.2) is 4.98 Å². The van der Waals surface area contributed by atoms with Gasteiger partial charge in [-0.2, -0.15) is 0 Å². The Morgan fingerprint density at radius 1 is 1.00 bits per heavy atom. The second-order valence-corrected chi connectivity index (χ2v) is 7.11. The van der Waals surface area contributed by atoms with Crippen LogP contribution in [-0.4, -0.2) is 30.5 Å². The number of benzene rings is 1. The lowest BCUT2D eigenvalue weighted by atomic mass is 10.1. The van der Waals surface area contributed by atoms with Crippen molar-refractivity contribution >= 4 is 23.0 Å². The summed E-state index contributed by atoms with van der Waals surface area (Å²) in [5.74, 6) is -0.182. The summed E-state index contributed by atoms with van der Waals surface area (Å²) in [6.45, 7) is 5.36. The van der Waals surface area contributed by atoms with Gasteiger partial charge in [0.05, 0.1) is 11.9 Å². The summed E-state index contributed by atoms with van der Waals surface area (Å²) in [6.07, 6.45) is 9.13. The molecule has 2 heterocycles. The van der Waals surface area contributed by atoms with Gasteiger partial charge in [0.2, 0.25) is 0 Å². The molecule has 0 unspecified atom stereocenters. The van der Waals surface area contributed by atoms with E-state index in [1.807, 2.05) is 18.2 Å². The molecule has 1 aliphatic rings. The molecule has 5 heteroatoms. The number of carbonyl (C=O) groups excluding carboxylic acids is 1. The first-order chi connectivity index (χ1) is 13.3. The van der Waals surface area contributed by atoms with Crippen molar-refractivity contribution in [2.45, 2.75) is 45.4 Å². The molecule has 0 radical (unpaired) electrons. The standard InChI is InChI=1S/C22H30N4O/c1-2-3-5-14-23-19-10-13-21(24-17-19)22(27)25-18-8-11-20(12-9-18)26-15-6-4-7-16-26/h8-13,17,23H,2-7,14-16H2,1H3,(H,25,27). The Morgan fingerprint density at radius 2 is 1.74 bits per heavy atom. The maximum atomic E-state index is 12.4. The molecule has 2 aromatic rings.